The van der Waals surface area contributed by atoms with Crippen LogP contribution in [0.4, 0.5) is 0 Å². The van der Waals surface area contributed by atoms with Crippen LogP contribution in [0.25, 0.3) is 10.9 Å². The minimum atomic E-state index is 0.502. The quantitative estimate of drug-likeness (QED) is 0.777. The third-order valence-electron chi connectivity index (χ3n) is 3.78. The SMILES string of the molecule is Cc1cc2ccccc2n1CCOc1ccccc1CN. The van der Waals surface area contributed by atoms with Crippen molar-refractivity contribution in [2.45, 2.75) is 20.0 Å². The molecule has 3 rings (SSSR count). The van der Waals surface area contributed by atoms with Crippen molar-refractivity contribution in [3.63, 3.8) is 0 Å². The molecule has 108 valence electrons. The largest absolute Gasteiger partial charge is 0.491 e. The van der Waals surface area contributed by atoms with Crippen molar-refractivity contribution in [1.29, 1.82) is 0 Å². The summed E-state index contributed by atoms with van der Waals surface area (Å²) in [6, 6.07) is 18.6. The summed E-state index contributed by atoms with van der Waals surface area (Å²) in [5.74, 6) is 0.883. The van der Waals surface area contributed by atoms with E-state index >= 15 is 0 Å². The van der Waals surface area contributed by atoms with Gasteiger partial charge in [0.2, 0.25) is 0 Å². The molecule has 1 aromatic heterocycles. The standard InChI is InChI=1S/C18H20N2O/c1-14-12-15-6-2-4-8-17(15)20(14)10-11-21-18-9-5-3-7-16(18)13-19/h2-9,12H,10-11,13,19H2,1H3. The Kier molecular flexibility index (Phi) is 3.93. The fourth-order valence-electron chi connectivity index (χ4n) is 2.71. The molecule has 0 aliphatic heterocycles. The first kappa shape index (κ1) is 13.7. The van der Waals surface area contributed by atoms with Crippen LogP contribution in [0.2, 0.25) is 0 Å². The van der Waals surface area contributed by atoms with Crippen LogP contribution < -0.4 is 10.5 Å². The van der Waals surface area contributed by atoms with Crippen molar-refractivity contribution in [2.24, 2.45) is 5.73 Å². The molecule has 3 nitrogen and oxygen atoms in total. The second kappa shape index (κ2) is 6.02. The third kappa shape index (κ3) is 2.78. The van der Waals surface area contributed by atoms with E-state index in [-0.39, 0.29) is 0 Å². The number of aryl methyl sites for hydroxylation is 1. The van der Waals surface area contributed by atoms with Crippen LogP contribution in [0.3, 0.4) is 0 Å². The molecule has 2 aromatic carbocycles. The number of ether oxygens (including phenoxy) is 1. The van der Waals surface area contributed by atoms with Crippen LogP contribution in [-0.2, 0) is 13.1 Å². The molecular formula is C18H20N2O. The fourth-order valence-corrected chi connectivity index (χ4v) is 2.71. The van der Waals surface area contributed by atoms with Crippen molar-refractivity contribution in [3.8, 4) is 5.75 Å². The van der Waals surface area contributed by atoms with Crippen LogP contribution >= 0.6 is 0 Å². The lowest BCUT2D eigenvalue weighted by Gasteiger charge is -2.12. The number of benzene rings is 2. The minimum Gasteiger partial charge on any atom is -0.491 e. The summed E-state index contributed by atoms with van der Waals surface area (Å²) in [4.78, 5) is 0. The van der Waals surface area contributed by atoms with Crippen LogP contribution in [0.15, 0.2) is 54.6 Å². The van der Waals surface area contributed by atoms with E-state index in [4.69, 9.17) is 10.5 Å². The lowest BCUT2D eigenvalue weighted by atomic mass is 10.2. The van der Waals surface area contributed by atoms with E-state index in [0.717, 1.165) is 17.9 Å². The summed E-state index contributed by atoms with van der Waals surface area (Å²) in [5, 5.41) is 1.28. The molecule has 0 aliphatic rings. The summed E-state index contributed by atoms with van der Waals surface area (Å²) in [5.41, 5.74) is 9.29. The highest BCUT2D eigenvalue weighted by molar-refractivity contribution is 5.81. The van der Waals surface area contributed by atoms with Crippen molar-refractivity contribution in [1.82, 2.24) is 4.57 Å². The highest BCUT2D eigenvalue weighted by Gasteiger charge is 2.06. The van der Waals surface area contributed by atoms with Gasteiger partial charge in [-0.25, -0.2) is 0 Å². The van der Waals surface area contributed by atoms with Crippen LogP contribution in [0.5, 0.6) is 5.75 Å². The van der Waals surface area contributed by atoms with Gasteiger partial charge in [0.1, 0.15) is 12.4 Å². The predicted octanol–water partition coefficient (Wildman–Crippen LogP) is 3.49. The normalized spacial score (nSPS) is 11.0. The second-order valence-electron chi connectivity index (χ2n) is 5.16. The Morgan fingerprint density at radius 2 is 1.81 bits per heavy atom. The van der Waals surface area contributed by atoms with Gasteiger partial charge < -0.3 is 15.0 Å². The molecule has 0 saturated heterocycles. The van der Waals surface area contributed by atoms with Gasteiger partial charge in [0.05, 0.1) is 6.54 Å². The molecule has 0 atom stereocenters. The van der Waals surface area contributed by atoms with E-state index in [2.05, 4.69) is 41.8 Å². The maximum absolute atomic E-state index is 5.90. The molecule has 3 aromatic rings. The lowest BCUT2D eigenvalue weighted by Crippen LogP contribution is -2.10. The lowest BCUT2D eigenvalue weighted by molar-refractivity contribution is 0.296. The number of hydrogen-bond acceptors (Lipinski definition) is 2. The van der Waals surface area contributed by atoms with Gasteiger partial charge in [-0.2, -0.15) is 0 Å². The van der Waals surface area contributed by atoms with Gasteiger partial charge in [-0.3, -0.25) is 0 Å². The van der Waals surface area contributed by atoms with Gasteiger partial charge in [-0.05, 0) is 30.5 Å². The van der Waals surface area contributed by atoms with Gasteiger partial charge >= 0.3 is 0 Å². The molecule has 0 spiro atoms. The first-order chi connectivity index (χ1) is 10.3. The maximum Gasteiger partial charge on any atom is 0.123 e. The molecule has 0 amide bonds. The minimum absolute atomic E-state index is 0.502. The first-order valence-electron chi connectivity index (χ1n) is 7.25. The smallest absolute Gasteiger partial charge is 0.123 e. The molecule has 1 heterocycles. The Balaban J connectivity index is 1.74. The van der Waals surface area contributed by atoms with Crippen molar-refractivity contribution >= 4 is 10.9 Å². The second-order valence-corrected chi connectivity index (χ2v) is 5.16. The molecular weight excluding hydrogens is 260 g/mol. The zero-order valence-electron chi connectivity index (χ0n) is 12.3. The summed E-state index contributed by atoms with van der Waals surface area (Å²) < 4.78 is 8.20. The third-order valence-corrected chi connectivity index (χ3v) is 3.78. The zero-order valence-corrected chi connectivity index (χ0v) is 12.3. The molecule has 21 heavy (non-hydrogen) atoms. The van der Waals surface area contributed by atoms with Crippen LogP contribution in [-0.4, -0.2) is 11.2 Å². The molecule has 0 aliphatic carbocycles. The zero-order chi connectivity index (χ0) is 14.7. The van der Waals surface area contributed by atoms with Gasteiger partial charge in [0.15, 0.2) is 0 Å². The number of para-hydroxylation sites is 2. The topological polar surface area (TPSA) is 40.2 Å². The first-order valence-corrected chi connectivity index (χ1v) is 7.25. The Morgan fingerprint density at radius 3 is 2.67 bits per heavy atom. The van der Waals surface area contributed by atoms with E-state index in [1.54, 1.807) is 0 Å². The van der Waals surface area contributed by atoms with E-state index in [1.165, 1.54) is 16.6 Å². The molecule has 2 N–H and O–H groups in total. The molecule has 0 saturated carbocycles. The van der Waals surface area contributed by atoms with Gasteiger partial charge in [-0.1, -0.05) is 36.4 Å². The number of fused-ring (bicyclic) bond motifs is 1. The maximum atomic E-state index is 5.90. The highest BCUT2D eigenvalue weighted by atomic mass is 16.5. The molecule has 0 fully saturated rings. The van der Waals surface area contributed by atoms with Crippen molar-refractivity contribution < 1.29 is 4.74 Å². The van der Waals surface area contributed by atoms with E-state index < -0.39 is 0 Å². The molecule has 0 radical (unpaired) electrons. The van der Waals surface area contributed by atoms with Crippen molar-refractivity contribution in [2.75, 3.05) is 6.61 Å². The summed E-state index contributed by atoms with van der Waals surface area (Å²) in [6.07, 6.45) is 0. The fraction of sp³-hybridized carbons (Fsp3) is 0.222. The van der Waals surface area contributed by atoms with Crippen molar-refractivity contribution in [3.05, 3.63) is 65.9 Å². The molecule has 0 bridgehead atoms. The summed E-state index contributed by atoms with van der Waals surface area (Å²) in [6.45, 7) is 4.10. The molecule has 0 unspecified atom stereocenters. The average Bonchev–Trinajstić information content (AvgIpc) is 2.84. The number of aromatic nitrogens is 1. The van der Waals surface area contributed by atoms with Gasteiger partial charge in [-0.15, -0.1) is 0 Å². The van der Waals surface area contributed by atoms with Gasteiger partial charge in [0, 0.05) is 23.3 Å². The van der Waals surface area contributed by atoms with Gasteiger partial charge in [0.25, 0.3) is 0 Å². The van der Waals surface area contributed by atoms with E-state index in [0.29, 0.717) is 13.2 Å². The Hall–Kier alpha value is -2.26. The van der Waals surface area contributed by atoms with E-state index in [9.17, 15) is 0 Å². The summed E-state index contributed by atoms with van der Waals surface area (Å²) >= 11 is 0. The number of nitrogens with zero attached hydrogens (tertiary/aromatic N) is 1. The highest BCUT2D eigenvalue weighted by Crippen LogP contribution is 2.20. The van der Waals surface area contributed by atoms with E-state index in [1.807, 2.05) is 24.3 Å². The Morgan fingerprint density at radius 1 is 1.05 bits per heavy atom. The van der Waals surface area contributed by atoms with Crippen LogP contribution in [0.1, 0.15) is 11.3 Å². The number of rotatable bonds is 5. The van der Waals surface area contributed by atoms with Crippen LogP contribution in [0, 0.1) is 6.92 Å². The Labute approximate surface area is 125 Å². The number of hydrogen-bond donors (Lipinski definition) is 1. The monoisotopic (exact) mass is 280 g/mol. The summed E-state index contributed by atoms with van der Waals surface area (Å²) in [7, 11) is 0. The average molecular weight is 280 g/mol. The number of nitrogens with two attached hydrogens (primary N) is 1. The Bertz CT molecular complexity index is 746. The predicted molar refractivity (Wildman–Crippen MR) is 86.5 cm³/mol. The molecule has 3 heteroatoms.